The SMILES string of the molecule is CC(N)(C#N)CCCCSc1nnnn1-c1ccccc1. The number of hydrogen-bond donors (Lipinski definition) is 1. The van der Waals surface area contributed by atoms with Crippen molar-refractivity contribution in [2.45, 2.75) is 36.9 Å². The Hall–Kier alpha value is -1.91. The molecular weight excluding hydrogens is 284 g/mol. The highest BCUT2D eigenvalue weighted by Gasteiger charge is 2.16. The van der Waals surface area contributed by atoms with Gasteiger partial charge in [0.1, 0.15) is 5.54 Å². The van der Waals surface area contributed by atoms with Crippen LogP contribution >= 0.6 is 11.8 Å². The highest BCUT2D eigenvalue weighted by Crippen LogP contribution is 2.20. The smallest absolute Gasteiger partial charge is 0.214 e. The molecule has 1 atom stereocenters. The van der Waals surface area contributed by atoms with Crippen LogP contribution in [0.2, 0.25) is 0 Å². The number of hydrogen-bond acceptors (Lipinski definition) is 6. The number of nitrogens with zero attached hydrogens (tertiary/aromatic N) is 5. The van der Waals surface area contributed by atoms with E-state index < -0.39 is 5.54 Å². The second kappa shape index (κ2) is 7.20. The summed E-state index contributed by atoms with van der Waals surface area (Å²) in [5.41, 5.74) is 6.01. The third kappa shape index (κ3) is 4.55. The molecule has 1 aromatic heterocycles. The van der Waals surface area contributed by atoms with Crippen molar-refractivity contribution < 1.29 is 0 Å². The zero-order chi connectivity index (χ0) is 15.1. The summed E-state index contributed by atoms with van der Waals surface area (Å²) in [5.74, 6) is 0.898. The van der Waals surface area contributed by atoms with Gasteiger partial charge in [-0.2, -0.15) is 9.94 Å². The molecule has 0 aliphatic carbocycles. The molecule has 1 aromatic carbocycles. The predicted molar refractivity (Wildman–Crippen MR) is 81.9 cm³/mol. The Morgan fingerprint density at radius 3 is 2.81 bits per heavy atom. The molecule has 0 aliphatic rings. The minimum Gasteiger partial charge on any atom is -0.314 e. The van der Waals surface area contributed by atoms with E-state index in [9.17, 15) is 0 Å². The van der Waals surface area contributed by atoms with Crippen LogP contribution in [0.1, 0.15) is 26.2 Å². The molecule has 0 fully saturated rings. The number of nitriles is 1. The van der Waals surface area contributed by atoms with Crippen molar-refractivity contribution in [2.75, 3.05) is 5.75 Å². The van der Waals surface area contributed by atoms with Crippen LogP contribution in [0.4, 0.5) is 0 Å². The van der Waals surface area contributed by atoms with Gasteiger partial charge in [0, 0.05) is 5.75 Å². The topological polar surface area (TPSA) is 93.4 Å². The minimum absolute atomic E-state index is 0.702. The molecule has 0 spiro atoms. The number of rotatable bonds is 7. The van der Waals surface area contributed by atoms with Crippen molar-refractivity contribution in [1.82, 2.24) is 20.2 Å². The fraction of sp³-hybridized carbons (Fsp3) is 0.429. The monoisotopic (exact) mass is 302 g/mol. The van der Waals surface area contributed by atoms with Gasteiger partial charge in [-0.05, 0) is 48.7 Å². The molecule has 2 N–H and O–H groups in total. The van der Waals surface area contributed by atoms with Gasteiger partial charge in [-0.1, -0.05) is 30.0 Å². The summed E-state index contributed by atoms with van der Waals surface area (Å²) in [7, 11) is 0. The number of nitrogens with two attached hydrogens (primary N) is 1. The third-order valence-corrected chi connectivity index (χ3v) is 4.02. The summed E-state index contributed by atoms with van der Waals surface area (Å²) >= 11 is 1.61. The van der Waals surface area contributed by atoms with Crippen molar-refractivity contribution in [3.05, 3.63) is 30.3 Å². The van der Waals surface area contributed by atoms with Crippen molar-refractivity contribution in [3.8, 4) is 11.8 Å². The number of benzene rings is 1. The standard InChI is InChI=1S/C14H18N6S/c1-14(16,11-15)9-5-6-10-21-13-17-18-19-20(13)12-7-3-2-4-8-12/h2-4,7-8H,5-6,9-10,16H2,1H3. The molecule has 0 saturated heterocycles. The predicted octanol–water partition coefficient (Wildman–Crippen LogP) is 2.17. The van der Waals surface area contributed by atoms with Gasteiger partial charge in [0.05, 0.1) is 11.8 Å². The maximum Gasteiger partial charge on any atom is 0.214 e. The number of aromatic nitrogens is 4. The third-order valence-electron chi connectivity index (χ3n) is 3.02. The summed E-state index contributed by atoms with van der Waals surface area (Å²) in [6, 6.07) is 11.9. The Kier molecular flexibility index (Phi) is 5.31. The lowest BCUT2D eigenvalue weighted by Gasteiger charge is -2.14. The van der Waals surface area contributed by atoms with E-state index in [-0.39, 0.29) is 0 Å². The quantitative estimate of drug-likeness (QED) is 0.622. The van der Waals surface area contributed by atoms with Crippen LogP contribution in [0, 0.1) is 11.3 Å². The van der Waals surface area contributed by atoms with E-state index in [0.717, 1.165) is 29.4 Å². The summed E-state index contributed by atoms with van der Waals surface area (Å²) < 4.78 is 1.73. The van der Waals surface area contributed by atoms with Crippen LogP contribution in [0.5, 0.6) is 0 Å². The highest BCUT2D eigenvalue weighted by atomic mass is 32.2. The molecule has 1 heterocycles. The summed E-state index contributed by atoms with van der Waals surface area (Å²) in [5, 5.41) is 21.4. The van der Waals surface area contributed by atoms with Crippen LogP contribution in [0.3, 0.4) is 0 Å². The van der Waals surface area contributed by atoms with Crippen molar-refractivity contribution >= 4 is 11.8 Å². The molecule has 2 aromatic rings. The lowest BCUT2D eigenvalue weighted by atomic mass is 9.99. The Balaban J connectivity index is 1.83. The number of unbranched alkanes of at least 4 members (excludes halogenated alkanes) is 1. The van der Waals surface area contributed by atoms with Crippen molar-refractivity contribution in [1.29, 1.82) is 5.26 Å². The molecule has 21 heavy (non-hydrogen) atoms. The van der Waals surface area contributed by atoms with E-state index in [4.69, 9.17) is 11.0 Å². The fourth-order valence-electron chi connectivity index (χ4n) is 1.81. The number of thioether (sulfide) groups is 1. The summed E-state index contributed by atoms with van der Waals surface area (Å²) in [4.78, 5) is 0. The number of tetrazole rings is 1. The Labute approximate surface area is 128 Å². The van der Waals surface area contributed by atoms with E-state index in [1.165, 1.54) is 0 Å². The summed E-state index contributed by atoms with van der Waals surface area (Å²) in [6.45, 7) is 1.76. The molecule has 7 heteroatoms. The molecular formula is C14H18N6S. The van der Waals surface area contributed by atoms with Gasteiger partial charge in [-0.25, -0.2) is 0 Å². The highest BCUT2D eigenvalue weighted by molar-refractivity contribution is 7.99. The molecule has 0 saturated carbocycles. The first kappa shape index (κ1) is 15.5. The van der Waals surface area contributed by atoms with Crippen LogP contribution in [-0.2, 0) is 0 Å². The molecule has 0 amide bonds. The maximum atomic E-state index is 8.85. The van der Waals surface area contributed by atoms with Crippen LogP contribution in [0.15, 0.2) is 35.5 Å². The van der Waals surface area contributed by atoms with Gasteiger partial charge in [0.25, 0.3) is 0 Å². The Bertz CT molecular complexity index is 601. The fourth-order valence-corrected chi connectivity index (χ4v) is 2.70. The van der Waals surface area contributed by atoms with Gasteiger partial charge in [-0.15, -0.1) is 5.10 Å². The Morgan fingerprint density at radius 1 is 1.33 bits per heavy atom. The minimum atomic E-state index is -0.726. The van der Waals surface area contributed by atoms with Crippen molar-refractivity contribution in [3.63, 3.8) is 0 Å². The molecule has 0 bridgehead atoms. The lowest BCUT2D eigenvalue weighted by Crippen LogP contribution is -2.33. The van der Waals surface area contributed by atoms with E-state index in [0.29, 0.717) is 6.42 Å². The Morgan fingerprint density at radius 2 is 2.10 bits per heavy atom. The van der Waals surface area contributed by atoms with E-state index in [1.807, 2.05) is 30.3 Å². The average molecular weight is 302 g/mol. The number of para-hydroxylation sites is 1. The first-order valence-electron chi connectivity index (χ1n) is 6.79. The second-order valence-corrected chi connectivity index (χ2v) is 6.11. The zero-order valence-electron chi connectivity index (χ0n) is 11.9. The second-order valence-electron chi connectivity index (χ2n) is 5.04. The largest absolute Gasteiger partial charge is 0.314 e. The first-order valence-corrected chi connectivity index (χ1v) is 7.78. The maximum absolute atomic E-state index is 8.85. The van der Waals surface area contributed by atoms with Crippen LogP contribution < -0.4 is 5.73 Å². The molecule has 1 unspecified atom stereocenters. The van der Waals surface area contributed by atoms with Gasteiger partial charge in [0.15, 0.2) is 0 Å². The van der Waals surface area contributed by atoms with Crippen molar-refractivity contribution in [2.24, 2.45) is 5.73 Å². The van der Waals surface area contributed by atoms with Crippen LogP contribution in [0.25, 0.3) is 5.69 Å². The molecule has 110 valence electrons. The van der Waals surface area contributed by atoms with E-state index in [2.05, 4.69) is 21.6 Å². The van der Waals surface area contributed by atoms with Crippen LogP contribution in [-0.4, -0.2) is 31.5 Å². The molecule has 2 rings (SSSR count). The van der Waals surface area contributed by atoms with Gasteiger partial charge >= 0.3 is 0 Å². The molecule has 0 aliphatic heterocycles. The van der Waals surface area contributed by atoms with E-state index in [1.54, 1.807) is 23.4 Å². The summed E-state index contributed by atoms with van der Waals surface area (Å²) in [6.07, 6.45) is 2.59. The molecule has 6 nitrogen and oxygen atoms in total. The average Bonchev–Trinajstić information content (AvgIpc) is 2.96. The molecule has 0 radical (unpaired) electrons. The first-order chi connectivity index (χ1) is 10.1. The van der Waals surface area contributed by atoms with Gasteiger partial charge in [-0.3, -0.25) is 0 Å². The van der Waals surface area contributed by atoms with Gasteiger partial charge < -0.3 is 5.73 Å². The lowest BCUT2D eigenvalue weighted by molar-refractivity contribution is 0.518. The van der Waals surface area contributed by atoms with E-state index >= 15 is 0 Å². The van der Waals surface area contributed by atoms with Gasteiger partial charge in [0.2, 0.25) is 5.16 Å². The normalized spacial score (nSPS) is 13.6. The zero-order valence-corrected chi connectivity index (χ0v) is 12.8.